The molecule has 5 nitrogen and oxygen atoms in total. The standard InChI is InChI=1S/C12H17FN2O3/c1-12(2,3-4-16)14-8-9-5-10(13)7-11(6-9)15(17)18/h5-7,14,16H,3-4,8H2,1-2H3. The first kappa shape index (κ1) is 14.5. The molecule has 0 saturated heterocycles. The molecule has 0 aliphatic rings. The lowest BCUT2D eigenvalue weighted by molar-refractivity contribution is -0.385. The number of nitrogens with one attached hydrogen (secondary N) is 1. The molecule has 1 rings (SSSR count). The van der Waals surface area contributed by atoms with Crippen LogP contribution in [-0.2, 0) is 6.54 Å². The number of hydrogen-bond acceptors (Lipinski definition) is 4. The van der Waals surface area contributed by atoms with Gasteiger partial charge in [-0.05, 0) is 31.9 Å². The summed E-state index contributed by atoms with van der Waals surface area (Å²) in [5.74, 6) is -0.624. The van der Waals surface area contributed by atoms with Crippen LogP contribution in [0.15, 0.2) is 18.2 Å². The smallest absolute Gasteiger partial charge is 0.272 e. The maximum atomic E-state index is 13.2. The Balaban J connectivity index is 2.76. The first-order valence-electron chi connectivity index (χ1n) is 5.64. The van der Waals surface area contributed by atoms with Crippen molar-refractivity contribution in [1.29, 1.82) is 0 Å². The Labute approximate surface area is 105 Å². The van der Waals surface area contributed by atoms with Gasteiger partial charge in [0, 0.05) is 24.8 Å². The molecule has 0 aromatic heterocycles. The summed E-state index contributed by atoms with van der Waals surface area (Å²) in [6, 6.07) is 3.49. The SMILES string of the molecule is CC(C)(CCO)NCc1cc(F)cc([N+](=O)[O-])c1. The number of nitro groups is 1. The third-order valence-corrected chi connectivity index (χ3v) is 2.66. The first-order valence-corrected chi connectivity index (χ1v) is 5.64. The molecule has 0 radical (unpaired) electrons. The second kappa shape index (κ2) is 5.88. The number of rotatable bonds is 6. The number of halogens is 1. The maximum Gasteiger partial charge on any atom is 0.272 e. The maximum absolute atomic E-state index is 13.2. The van der Waals surface area contributed by atoms with Crippen LogP contribution in [0.2, 0.25) is 0 Å². The van der Waals surface area contributed by atoms with E-state index in [1.165, 1.54) is 12.1 Å². The average Bonchev–Trinajstić information content (AvgIpc) is 2.26. The van der Waals surface area contributed by atoms with Crippen molar-refractivity contribution in [3.05, 3.63) is 39.7 Å². The second-order valence-electron chi connectivity index (χ2n) is 4.79. The van der Waals surface area contributed by atoms with E-state index < -0.39 is 10.7 Å². The third-order valence-electron chi connectivity index (χ3n) is 2.66. The predicted molar refractivity (Wildman–Crippen MR) is 65.7 cm³/mol. The zero-order valence-electron chi connectivity index (χ0n) is 10.4. The van der Waals surface area contributed by atoms with E-state index in [0.717, 1.165) is 6.07 Å². The van der Waals surface area contributed by atoms with Crippen molar-refractivity contribution in [2.45, 2.75) is 32.4 Å². The van der Waals surface area contributed by atoms with Crippen LogP contribution in [0, 0.1) is 15.9 Å². The molecule has 0 aliphatic carbocycles. The second-order valence-corrected chi connectivity index (χ2v) is 4.79. The van der Waals surface area contributed by atoms with E-state index in [-0.39, 0.29) is 17.8 Å². The topological polar surface area (TPSA) is 75.4 Å². The largest absolute Gasteiger partial charge is 0.396 e. The minimum atomic E-state index is -0.624. The van der Waals surface area contributed by atoms with Gasteiger partial charge < -0.3 is 10.4 Å². The Morgan fingerprint density at radius 2 is 2.11 bits per heavy atom. The molecule has 1 aromatic rings. The monoisotopic (exact) mass is 256 g/mol. The number of benzene rings is 1. The number of nitro benzene ring substituents is 1. The Kier molecular flexibility index (Phi) is 4.75. The molecule has 0 aliphatic heterocycles. The van der Waals surface area contributed by atoms with Gasteiger partial charge in [0.1, 0.15) is 5.82 Å². The van der Waals surface area contributed by atoms with Gasteiger partial charge in [-0.15, -0.1) is 0 Å². The number of aliphatic hydroxyl groups excluding tert-OH is 1. The van der Waals surface area contributed by atoms with Crippen molar-refractivity contribution in [1.82, 2.24) is 5.32 Å². The number of aliphatic hydroxyl groups is 1. The summed E-state index contributed by atoms with van der Waals surface area (Å²) in [7, 11) is 0. The molecule has 2 N–H and O–H groups in total. The van der Waals surface area contributed by atoms with Crippen molar-refractivity contribution >= 4 is 5.69 Å². The molecule has 0 spiro atoms. The number of hydrogen-bond donors (Lipinski definition) is 2. The van der Waals surface area contributed by atoms with Crippen molar-refractivity contribution in [2.75, 3.05) is 6.61 Å². The van der Waals surface area contributed by atoms with E-state index in [0.29, 0.717) is 18.5 Å². The lowest BCUT2D eigenvalue weighted by atomic mass is 10.0. The van der Waals surface area contributed by atoms with Crippen LogP contribution < -0.4 is 5.32 Å². The van der Waals surface area contributed by atoms with Crippen molar-refractivity contribution < 1.29 is 14.4 Å². The fourth-order valence-corrected chi connectivity index (χ4v) is 1.55. The molecule has 0 unspecified atom stereocenters. The molecular weight excluding hydrogens is 239 g/mol. The molecule has 0 bridgehead atoms. The van der Waals surface area contributed by atoms with Crippen molar-refractivity contribution in [3.8, 4) is 0 Å². The van der Waals surface area contributed by atoms with Crippen LogP contribution in [0.1, 0.15) is 25.8 Å². The first-order chi connectivity index (χ1) is 8.34. The predicted octanol–water partition coefficient (Wildman–Crippen LogP) is 1.98. The summed E-state index contributed by atoms with van der Waals surface area (Å²) in [4.78, 5) is 9.97. The highest BCUT2D eigenvalue weighted by Gasteiger charge is 2.17. The van der Waals surface area contributed by atoms with Gasteiger partial charge in [0.05, 0.1) is 11.0 Å². The molecule has 1 aromatic carbocycles. The number of nitrogens with zero attached hydrogens (tertiary/aromatic N) is 1. The van der Waals surface area contributed by atoms with Gasteiger partial charge in [0.15, 0.2) is 0 Å². The average molecular weight is 256 g/mol. The molecule has 0 heterocycles. The molecule has 18 heavy (non-hydrogen) atoms. The van der Waals surface area contributed by atoms with Crippen molar-refractivity contribution in [2.24, 2.45) is 0 Å². The summed E-state index contributed by atoms with van der Waals surface area (Å²) < 4.78 is 13.2. The third kappa shape index (κ3) is 4.38. The zero-order valence-corrected chi connectivity index (χ0v) is 10.4. The summed E-state index contributed by atoms with van der Waals surface area (Å²) in [6.45, 7) is 4.16. The van der Waals surface area contributed by atoms with Crippen LogP contribution in [-0.4, -0.2) is 22.2 Å². The van der Waals surface area contributed by atoms with Gasteiger partial charge >= 0.3 is 0 Å². The summed E-state index contributed by atoms with van der Waals surface area (Å²) in [5.41, 5.74) is -0.0602. The summed E-state index contributed by atoms with van der Waals surface area (Å²) >= 11 is 0. The Morgan fingerprint density at radius 3 is 2.67 bits per heavy atom. The van der Waals surface area contributed by atoms with Gasteiger partial charge in [-0.1, -0.05) is 0 Å². The van der Waals surface area contributed by atoms with E-state index in [1.807, 2.05) is 13.8 Å². The lowest BCUT2D eigenvalue weighted by Crippen LogP contribution is -2.39. The van der Waals surface area contributed by atoms with E-state index >= 15 is 0 Å². The molecule has 0 saturated carbocycles. The van der Waals surface area contributed by atoms with E-state index in [9.17, 15) is 14.5 Å². The summed E-state index contributed by atoms with van der Waals surface area (Å²) in [6.07, 6.45) is 0.546. The van der Waals surface area contributed by atoms with E-state index in [1.54, 1.807) is 0 Å². The van der Waals surface area contributed by atoms with Crippen molar-refractivity contribution in [3.63, 3.8) is 0 Å². The fraction of sp³-hybridized carbons (Fsp3) is 0.500. The Bertz CT molecular complexity index is 435. The highest BCUT2D eigenvalue weighted by atomic mass is 19.1. The van der Waals surface area contributed by atoms with Crippen LogP contribution in [0.5, 0.6) is 0 Å². The normalized spacial score (nSPS) is 11.6. The molecule has 6 heteroatoms. The fourth-order valence-electron chi connectivity index (χ4n) is 1.55. The van der Waals surface area contributed by atoms with Crippen LogP contribution in [0.25, 0.3) is 0 Å². The molecular formula is C12H17FN2O3. The lowest BCUT2D eigenvalue weighted by Gasteiger charge is -2.25. The van der Waals surface area contributed by atoms with Gasteiger partial charge in [-0.25, -0.2) is 4.39 Å². The highest BCUT2D eigenvalue weighted by Crippen LogP contribution is 2.17. The minimum Gasteiger partial charge on any atom is -0.396 e. The Hall–Kier alpha value is -1.53. The van der Waals surface area contributed by atoms with Crippen LogP contribution in [0.4, 0.5) is 10.1 Å². The molecule has 100 valence electrons. The van der Waals surface area contributed by atoms with E-state index in [4.69, 9.17) is 5.11 Å². The highest BCUT2D eigenvalue weighted by molar-refractivity contribution is 5.35. The number of non-ortho nitro benzene ring substituents is 1. The zero-order chi connectivity index (χ0) is 13.8. The van der Waals surface area contributed by atoms with E-state index in [2.05, 4.69) is 5.32 Å². The quantitative estimate of drug-likeness (QED) is 0.603. The molecule has 0 amide bonds. The minimum absolute atomic E-state index is 0.0449. The van der Waals surface area contributed by atoms with Gasteiger partial charge in [-0.2, -0.15) is 0 Å². The van der Waals surface area contributed by atoms with Gasteiger partial charge in [0.2, 0.25) is 0 Å². The van der Waals surface area contributed by atoms with Crippen LogP contribution >= 0.6 is 0 Å². The summed E-state index contributed by atoms with van der Waals surface area (Å²) in [5, 5.41) is 22.6. The van der Waals surface area contributed by atoms with Gasteiger partial charge in [-0.3, -0.25) is 10.1 Å². The molecule has 0 atom stereocenters. The Morgan fingerprint density at radius 1 is 1.44 bits per heavy atom. The van der Waals surface area contributed by atoms with Crippen LogP contribution in [0.3, 0.4) is 0 Å². The molecule has 0 fully saturated rings. The van der Waals surface area contributed by atoms with Gasteiger partial charge in [0.25, 0.3) is 5.69 Å².